The number of benzene rings is 2. The second-order valence-corrected chi connectivity index (χ2v) is 8.94. The van der Waals surface area contributed by atoms with E-state index in [2.05, 4.69) is 26.2 Å². The summed E-state index contributed by atoms with van der Waals surface area (Å²) in [5.41, 5.74) is 2.01. The summed E-state index contributed by atoms with van der Waals surface area (Å²) in [5, 5.41) is 4.84. The number of carbonyl (C=O) groups is 2. The van der Waals surface area contributed by atoms with Gasteiger partial charge in [0.2, 0.25) is 11.8 Å². The Kier molecular flexibility index (Phi) is 5.07. The van der Waals surface area contributed by atoms with Crippen LogP contribution >= 0.6 is 27.3 Å². The Hall–Kier alpha value is -3.04. The van der Waals surface area contributed by atoms with E-state index in [-0.39, 0.29) is 24.1 Å². The number of hydrogen-bond donors (Lipinski definition) is 1. The average Bonchev–Trinajstić information content (AvgIpc) is 3.45. The molecule has 0 radical (unpaired) electrons. The lowest BCUT2D eigenvalue weighted by Gasteiger charge is -2.18. The first-order valence-corrected chi connectivity index (χ1v) is 11.3. The molecule has 1 unspecified atom stereocenters. The summed E-state index contributed by atoms with van der Waals surface area (Å²) < 4.78 is 16.0. The van der Waals surface area contributed by atoms with Gasteiger partial charge in [0.05, 0.1) is 11.6 Å². The number of imidazole rings is 1. The van der Waals surface area contributed by atoms with E-state index in [0.29, 0.717) is 28.6 Å². The summed E-state index contributed by atoms with van der Waals surface area (Å²) in [5.74, 6) is -0.671. The molecule has 31 heavy (non-hydrogen) atoms. The fourth-order valence-electron chi connectivity index (χ4n) is 3.72. The number of anilines is 2. The molecule has 1 N–H and O–H groups in total. The molecule has 156 valence electrons. The molecule has 1 aliphatic rings. The molecule has 3 heterocycles. The number of hydrogen-bond acceptors (Lipinski definition) is 4. The highest BCUT2D eigenvalue weighted by molar-refractivity contribution is 9.10. The Morgan fingerprint density at radius 3 is 2.74 bits per heavy atom. The van der Waals surface area contributed by atoms with Crippen LogP contribution in [-0.2, 0) is 9.59 Å². The van der Waals surface area contributed by atoms with Crippen molar-refractivity contribution < 1.29 is 14.0 Å². The second kappa shape index (κ2) is 7.90. The topological polar surface area (TPSA) is 66.7 Å². The van der Waals surface area contributed by atoms with Crippen molar-refractivity contribution in [2.24, 2.45) is 5.92 Å². The van der Waals surface area contributed by atoms with E-state index in [1.54, 1.807) is 21.4 Å². The number of carbonyl (C=O) groups excluding carboxylic acids is 2. The summed E-state index contributed by atoms with van der Waals surface area (Å²) in [7, 11) is 0. The summed E-state index contributed by atoms with van der Waals surface area (Å²) >= 11 is 4.91. The highest BCUT2D eigenvalue weighted by atomic mass is 79.9. The first-order valence-electron chi connectivity index (χ1n) is 9.58. The van der Waals surface area contributed by atoms with Gasteiger partial charge >= 0.3 is 0 Å². The number of para-hydroxylation sites is 1. The number of amides is 2. The Bertz CT molecular complexity index is 1300. The summed E-state index contributed by atoms with van der Waals surface area (Å²) in [4.78, 5) is 32.7. The van der Waals surface area contributed by atoms with Gasteiger partial charge in [0, 0.05) is 34.6 Å². The summed E-state index contributed by atoms with van der Waals surface area (Å²) in [6, 6.07) is 13.4. The lowest BCUT2D eigenvalue weighted by molar-refractivity contribution is -0.122. The van der Waals surface area contributed by atoms with Gasteiger partial charge in [-0.15, -0.1) is 11.3 Å². The van der Waals surface area contributed by atoms with Crippen LogP contribution in [0, 0.1) is 11.7 Å². The maximum Gasteiger partial charge on any atom is 0.230 e. The van der Waals surface area contributed by atoms with Crippen molar-refractivity contribution in [2.45, 2.75) is 6.42 Å². The van der Waals surface area contributed by atoms with Crippen LogP contribution in [0.1, 0.15) is 6.42 Å². The monoisotopic (exact) mass is 498 g/mol. The lowest BCUT2D eigenvalue weighted by Crippen LogP contribution is -2.28. The highest BCUT2D eigenvalue weighted by Crippen LogP contribution is 2.34. The predicted molar refractivity (Wildman–Crippen MR) is 122 cm³/mol. The number of rotatable bonds is 4. The van der Waals surface area contributed by atoms with E-state index in [4.69, 9.17) is 0 Å². The molecule has 6 nitrogen and oxygen atoms in total. The van der Waals surface area contributed by atoms with E-state index in [1.165, 1.54) is 23.5 Å². The van der Waals surface area contributed by atoms with Crippen molar-refractivity contribution in [3.05, 3.63) is 70.4 Å². The number of nitrogens with one attached hydrogen (secondary N) is 1. The van der Waals surface area contributed by atoms with Gasteiger partial charge in [-0.05, 0) is 52.3 Å². The molecule has 0 aliphatic carbocycles. The van der Waals surface area contributed by atoms with Gasteiger partial charge in [0.25, 0.3) is 0 Å². The fraction of sp³-hybridized carbons (Fsp3) is 0.136. The third kappa shape index (κ3) is 3.64. The van der Waals surface area contributed by atoms with E-state index < -0.39 is 5.92 Å². The minimum atomic E-state index is -0.496. The standard InChI is InChI=1S/C22H16BrFN4O2S/c23-16-3-1-2-4-17(16)28-12-14(11-18(28)29)21(30)26-20-19(13-5-7-15(24)8-6-13)25-22-27(20)9-10-31-22/h1-10,14H,11-12H2,(H,26,30). The molecule has 1 aliphatic heterocycles. The van der Waals surface area contributed by atoms with Crippen LogP contribution in [0.2, 0.25) is 0 Å². The molecule has 1 fully saturated rings. The Morgan fingerprint density at radius 1 is 1.19 bits per heavy atom. The zero-order valence-electron chi connectivity index (χ0n) is 16.1. The fourth-order valence-corrected chi connectivity index (χ4v) is 4.93. The average molecular weight is 499 g/mol. The molecule has 1 atom stereocenters. The smallest absolute Gasteiger partial charge is 0.230 e. The number of fused-ring (bicyclic) bond motifs is 1. The second-order valence-electron chi connectivity index (χ2n) is 7.22. The number of halogens is 2. The third-order valence-electron chi connectivity index (χ3n) is 5.26. The summed E-state index contributed by atoms with van der Waals surface area (Å²) in [6.45, 7) is 0.296. The van der Waals surface area contributed by atoms with E-state index in [9.17, 15) is 14.0 Å². The number of aromatic nitrogens is 2. The quantitative estimate of drug-likeness (QED) is 0.432. The van der Waals surface area contributed by atoms with Gasteiger partial charge in [0.15, 0.2) is 4.96 Å². The molecule has 5 rings (SSSR count). The molecule has 1 saturated heterocycles. The molecule has 0 bridgehead atoms. The molecule has 0 spiro atoms. The normalized spacial score (nSPS) is 16.3. The molecule has 2 aromatic carbocycles. The van der Waals surface area contributed by atoms with Crippen molar-refractivity contribution in [3.63, 3.8) is 0 Å². The number of thiazole rings is 1. The molecule has 2 amide bonds. The zero-order chi connectivity index (χ0) is 21.5. The Morgan fingerprint density at radius 2 is 1.97 bits per heavy atom. The van der Waals surface area contributed by atoms with Crippen LogP contribution < -0.4 is 10.2 Å². The van der Waals surface area contributed by atoms with Crippen LogP contribution in [0.3, 0.4) is 0 Å². The van der Waals surface area contributed by atoms with Crippen LogP contribution in [0.15, 0.2) is 64.6 Å². The zero-order valence-corrected chi connectivity index (χ0v) is 18.5. The van der Waals surface area contributed by atoms with E-state index >= 15 is 0 Å². The van der Waals surface area contributed by atoms with Crippen molar-refractivity contribution in [2.75, 3.05) is 16.8 Å². The minimum Gasteiger partial charge on any atom is -0.310 e. The van der Waals surface area contributed by atoms with Gasteiger partial charge in [-0.2, -0.15) is 0 Å². The maximum atomic E-state index is 13.4. The van der Waals surface area contributed by atoms with Gasteiger partial charge in [-0.1, -0.05) is 12.1 Å². The van der Waals surface area contributed by atoms with Crippen LogP contribution in [0.4, 0.5) is 15.9 Å². The Balaban J connectivity index is 1.43. The molecule has 4 aromatic rings. The number of nitrogens with zero attached hydrogens (tertiary/aromatic N) is 3. The lowest BCUT2D eigenvalue weighted by atomic mass is 10.1. The van der Waals surface area contributed by atoms with Gasteiger partial charge < -0.3 is 10.2 Å². The van der Waals surface area contributed by atoms with Crippen LogP contribution in [-0.4, -0.2) is 27.7 Å². The maximum absolute atomic E-state index is 13.4. The van der Waals surface area contributed by atoms with Gasteiger partial charge in [0.1, 0.15) is 17.3 Å². The van der Waals surface area contributed by atoms with Gasteiger partial charge in [-0.25, -0.2) is 9.37 Å². The predicted octanol–water partition coefficient (Wildman–Crippen LogP) is 4.96. The molecular formula is C22H16BrFN4O2S. The van der Waals surface area contributed by atoms with E-state index in [1.807, 2.05) is 35.8 Å². The van der Waals surface area contributed by atoms with E-state index in [0.717, 1.165) is 10.2 Å². The van der Waals surface area contributed by atoms with Crippen LogP contribution in [0.5, 0.6) is 0 Å². The van der Waals surface area contributed by atoms with Crippen molar-refractivity contribution >= 4 is 55.5 Å². The molecule has 2 aromatic heterocycles. The third-order valence-corrected chi connectivity index (χ3v) is 6.69. The van der Waals surface area contributed by atoms with Gasteiger partial charge in [-0.3, -0.25) is 14.0 Å². The Labute approximate surface area is 189 Å². The molecule has 9 heteroatoms. The van der Waals surface area contributed by atoms with Crippen LogP contribution in [0.25, 0.3) is 16.2 Å². The highest BCUT2D eigenvalue weighted by Gasteiger charge is 2.36. The first kappa shape index (κ1) is 19.9. The first-order chi connectivity index (χ1) is 15.0. The largest absolute Gasteiger partial charge is 0.310 e. The minimum absolute atomic E-state index is 0.0974. The molecule has 0 saturated carbocycles. The van der Waals surface area contributed by atoms with Crippen molar-refractivity contribution in [3.8, 4) is 11.3 Å². The molecular weight excluding hydrogens is 483 g/mol. The van der Waals surface area contributed by atoms with Crippen molar-refractivity contribution in [1.29, 1.82) is 0 Å². The summed E-state index contributed by atoms with van der Waals surface area (Å²) in [6.07, 6.45) is 1.95. The van der Waals surface area contributed by atoms with Crippen molar-refractivity contribution in [1.82, 2.24) is 9.38 Å². The SMILES string of the molecule is O=C(Nc1c(-c2ccc(F)cc2)nc2sccn12)C1CC(=O)N(c2ccccc2Br)C1.